The Morgan fingerprint density at radius 1 is 1.15 bits per heavy atom. The van der Waals surface area contributed by atoms with Gasteiger partial charge in [0.25, 0.3) is 5.91 Å². The number of carbonyl (C=O) groups excluding carboxylic acids is 1. The summed E-state index contributed by atoms with van der Waals surface area (Å²) in [4.78, 5) is 47.1. The first-order valence-electron chi connectivity index (χ1n) is 16.0. The quantitative estimate of drug-likeness (QED) is 0.155. The van der Waals surface area contributed by atoms with E-state index in [2.05, 4.69) is 30.2 Å². The van der Waals surface area contributed by atoms with Gasteiger partial charge in [-0.3, -0.25) is 24.9 Å². The molecule has 0 spiro atoms. The highest BCUT2D eigenvalue weighted by atomic mass is 19.4. The van der Waals surface area contributed by atoms with Crippen molar-refractivity contribution >= 4 is 34.7 Å². The highest BCUT2D eigenvalue weighted by molar-refractivity contribution is 6.03. The molecule has 2 aliphatic rings. The summed E-state index contributed by atoms with van der Waals surface area (Å²) in [5, 5.41) is 11.9. The zero-order chi connectivity index (χ0) is 34.2. The number of aromatic amines is 1. The van der Waals surface area contributed by atoms with Crippen LogP contribution in [0.5, 0.6) is 0 Å². The van der Waals surface area contributed by atoms with E-state index in [4.69, 9.17) is 4.74 Å². The lowest BCUT2D eigenvalue weighted by Gasteiger charge is -2.34. The zero-order valence-corrected chi connectivity index (χ0v) is 27.0. The van der Waals surface area contributed by atoms with Gasteiger partial charge in [-0.15, -0.1) is 0 Å². The number of nitrogens with one attached hydrogen (secondary N) is 2. The van der Waals surface area contributed by atoms with E-state index in [1.807, 2.05) is 11.9 Å². The third kappa shape index (κ3) is 7.13. The van der Waals surface area contributed by atoms with Crippen molar-refractivity contribution in [2.24, 2.45) is 11.3 Å². The molecule has 0 aromatic carbocycles. The summed E-state index contributed by atoms with van der Waals surface area (Å²) in [6, 6.07) is 6.00. The van der Waals surface area contributed by atoms with Crippen LogP contribution >= 0.6 is 0 Å². The second-order valence-corrected chi connectivity index (χ2v) is 13.2. The summed E-state index contributed by atoms with van der Waals surface area (Å²) in [5.74, 6) is -2.18. The minimum Gasteiger partial charge on any atom is -0.481 e. The van der Waals surface area contributed by atoms with Crippen LogP contribution in [0, 0.1) is 11.3 Å². The maximum Gasteiger partial charge on any atom is 0.418 e. The van der Waals surface area contributed by atoms with Crippen molar-refractivity contribution in [2.75, 3.05) is 37.5 Å². The molecule has 1 atom stereocenters. The van der Waals surface area contributed by atoms with Gasteiger partial charge < -0.3 is 19.7 Å². The molecule has 3 N–H and O–H groups in total. The molecule has 0 bridgehead atoms. The van der Waals surface area contributed by atoms with E-state index in [0.717, 1.165) is 31.7 Å². The number of H-pyrrole nitrogens is 1. The van der Waals surface area contributed by atoms with Gasteiger partial charge in [0.2, 0.25) is 5.95 Å². The highest BCUT2D eigenvalue weighted by Gasteiger charge is 2.40. The van der Waals surface area contributed by atoms with E-state index in [1.54, 1.807) is 26.2 Å². The number of aromatic nitrogens is 5. The van der Waals surface area contributed by atoms with Gasteiger partial charge in [0.1, 0.15) is 11.2 Å². The number of carboxylic acid groups (broad SMARTS) is 1. The average Bonchev–Trinajstić information content (AvgIpc) is 3.66. The molecule has 2 fully saturated rings. The maximum absolute atomic E-state index is 14.1. The number of imidazole rings is 1. The summed E-state index contributed by atoms with van der Waals surface area (Å²) in [6.07, 6.45) is 4.11. The molecule has 0 radical (unpaired) electrons. The number of methoxy groups -OCH3 is 1. The van der Waals surface area contributed by atoms with Crippen LogP contribution in [0.25, 0.3) is 22.4 Å². The van der Waals surface area contributed by atoms with E-state index >= 15 is 0 Å². The second-order valence-electron chi connectivity index (χ2n) is 13.2. The van der Waals surface area contributed by atoms with Crippen LogP contribution in [-0.4, -0.2) is 69.2 Å². The molecule has 4 heterocycles. The number of carbonyl (C=O) groups is 2. The van der Waals surface area contributed by atoms with Gasteiger partial charge in [0, 0.05) is 50.0 Å². The van der Waals surface area contributed by atoms with Crippen molar-refractivity contribution in [1.29, 1.82) is 0 Å². The third-order valence-corrected chi connectivity index (χ3v) is 9.28. The minimum atomic E-state index is -4.57. The molecular weight excluding hydrogens is 627 g/mol. The largest absolute Gasteiger partial charge is 0.481 e. The van der Waals surface area contributed by atoms with Crippen molar-refractivity contribution in [2.45, 2.75) is 64.0 Å². The van der Waals surface area contributed by atoms with Crippen LogP contribution < -0.4 is 10.2 Å². The number of halogens is 3. The van der Waals surface area contributed by atoms with Gasteiger partial charge >= 0.3 is 12.1 Å². The molecule has 48 heavy (non-hydrogen) atoms. The lowest BCUT2D eigenvalue weighted by Crippen LogP contribution is -2.37. The summed E-state index contributed by atoms with van der Waals surface area (Å²) in [5.41, 5.74) is 1.85. The summed E-state index contributed by atoms with van der Waals surface area (Å²) in [6.45, 7) is 2.80. The van der Waals surface area contributed by atoms with Gasteiger partial charge in [-0.2, -0.15) is 18.2 Å². The van der Waals surface area contributed by atoms with Crippen molar-refractivity contribution in [3.63, 3.8) is 0 Å². The molecule has 1 unspecified atom stereocenters. The van der Waals surface area contributed by atoms with Gasteiger partial charge in [-0.1, -0.05) is 25.8 Å². The molecule has 2 aliphatic carbocycles. The van der Waals surface area contributed by atoms with E-state index in [1.165, 1.54) is 18.5 Å². The lowest BCUT2D eigenvalue weighted by atomic mass is 9.86. The number of alkyl halides is 3. The number of nitrogens with zero attached hydrogens (tertiary/aromatic N) is 5. The SMILES string of the molecule is COCC1(CN(C)c2cc(-c3cnc(C4CC4)c(C(F)(F)F)c3)nc3nc(NC(=O)c4ccc(CC(C)C(=O)O)cn4)[nH]c23)CCCC1. The number of hydrogen-bond donors (Lipinski definition) is 3. The van der Waals surface area contributed by atoms with Crippen LogP contribution in [0.1, 0.15) is 78.7 Å². The zero-order valence-electron chi connectivity index (χ0n) is 27.0. The number of aliphatic carboxylic acids is 1. The average molecular weight is 666 g/mol. The molecule has 254 valence electrons. The van der Waals surface area contributed by atoms with Crippen molar-refractivity contribution in [1.82, 2.24) is 24.9 Å². The topological polar surface area (TPSA) is 146 Å². The van der Waals surface area contributed by atoms with Crippen LogP contribution in [0.15, 0.2) is 36.7 Å². The Labute approximate surface area is 275 Å². The number of ether oxygens (including phenoxy) is 1. The van der Waals surface area contributed by atoms with E-state index in [9.17, 15) is 27.9 Å². The lowest BCUT2D eigenvalue weighted by molar-refractivity contribution is -0.141. The van der Waals surface area contributed by atoms with Crippen molar-refractivity contribution in [3.8, 4) is 11.3 Å². The summed E-state index contributed by atoms with van der Waals surface area (Å²) in [7, 11) is 3.60. The Bertz CT molecular complexity index is 1820. The van der Waals surface area contributed by atoms with E-state index < -0.39 is 29.5 Å². The minimum absolute atomic E-state index is 0.0650. The Kier molecular flexibility index (Phi) is 9.12. The molecule has 6 rings (SSSR count). The van der Waals surface area contributed by atoms with Gasteiger partial charge in [0.05, 0.1) is 35.2 Å². The number of amides is 1. The Morgan fingerprint density at radius 2 is 1.90 bits per heavy atom. The van der Waals surface area contributed by atoms with Crippen LogP contribution in [-0.2, 0) is 22.1 Å². The first-order valence-corrected chi connectivity index (χ1v) is 16.0. The third-order valence-electron chi connectivity index (χ3n) is 9.28. The number of carboxylic acids is 1. The normalized spacial score (nSPS) is 16.6. The molecule has 11 nitrogen and oxygen atoms in total. The van der Waals surface area contributed by atoms with Gasteiger partial charge in [-0.25, -0.2) is 4.98 Å². The molecule has 4 aromatic heterocycles. The summed E-state index contributed by atoms with van der Waals surface area (Å²) < 4.78 is 48.0. The molecule has 1 amide bonds. The summed E-state index contributed by atoms with van der Waals surface area (Å²) >= 11 is 0. The predicted octanol–water partition coefficient (Wildman–Crippen LogP) is 6.47. The van der Waals surface area contributed by atoms with Gasteiger partial charge in [-0.05, 0) is 55.9 Å². The van der Waals surface area contributed by atoms with Crippen molar-refractivity contribution in [3.05, 3.63) is 59.2 Å². The van der Waals surface area contributed by atoms with Crippen LogP contribution in [0.2, 0.25) is 0 Å². The standard InChI is InChI=1S/C34H38F3N7O4/c1-19(31(46)47)12-20-6-9-24(38-15-20)30(45)43-32-41-28-26(44(2)17-33(18-48-3)10-4-5-11-33)14-25(40-29(28)42-32)22-13-23(34(35,36)37)27(39-16-22)21-7-8-21/h6,9,13-16,19,21H,4-5,7-8,10-12,17-18H2,1-3H3,(H,46,47)(H2,40,41,42,43,45). The van der Waals surface area contributed by atoms with Crippen LogP contribution in [0.4, 0.5) is 24.8 Å². The molecule has 4 aromatic rings. The number of anilines is 2. The first kappa shape index (κ1) is 33.3. The molecule has 0 aliphatic heterocycles. The Hall–Kier alpha value is -4.59. The molecule has 0 saturated heterocycles. The predicted molar refractivity (Wildman–Crippen MR) is 173 cm³/mol. The molecule has 14 heteroatoms. The first-order chi connectivity index (χ1) is 22.9. The fraction of sp³-hybridized carbons (Fsp3) is 0.471. The monoisotopic (exact) mass is 665 g/mol. The Balaban J connectivity index is 1.35. The van der Waals surface area contributed by atoms with Crippen molar-refractivity contribution < 1.29 is 32.6 Å². The fourth-order valence-electron chi connectivity index (χ4n) is 6.66. The Morgan fingerprint density at radius 3 is 2.52 bits per heavy atom. The van der Waals surface area contributed by atoms with Crippen LogP contribution in [0.3, 0.4) is 0 Å². The van der Waals surface area contributed by atoms with E-state index in [-0.39, 0.29) is 52.0 Å². The number of rotatable bonds is 12. The fourth-order valence-corrected chi connectivity index (χ4v) is 6.66. The molecular formula is C34H38F3N7O4. The number of hydrogen-bond acceptors (Lipinski definition) is 8. The smallest absolute Gasteiger partial charge is 0.418 e. The maximum atomic E-state index is 14.1. The highest BCUT2D eigenvalue weighted by Crippen LogP contribution is 2.46. The molecule has 2 saturated carbocycles. The second kappa shape index (κ2) is 13.1. The van der Waals surface area contributed by atoms with E-state index in [0.29, 0.717) is 42.8 Å². The van der Waals surface area contributed by atoms with Gasteiger partial charge in [0.15, 0.2) is 5.65 Å². The number of pyridine rings is 3. The number of fused-ring (bicyclic) bond motifs is 1.